The first-order valence-corrected chi connectivity index (χ1v) is 11.6. The summed E-state index contributed by atoms with van der Waals surface area (Å²) in [5.74, 6) is -2.17. The lowest BCUT2D eigenvalue weighted by molar-refractivity contribution is -0.142. The summed E-state index contributed by atoms with van der Waals surface area (Å²) in [4.78, 5) is 0. The van der Waals surface area contributed by atoms with E-state index >= 15 is 0 Å². The summed E-state index contributed by atoms with van der Waals surface area (Å²) in [7, 11) is 0. The number of halogens is 5. The van der Waals surface area contributed by atoms with E-state index in [1.54, 1.807) is 0 Å². The van der Waals surface area contributed by atoms with E-state index in [0.717, 1.165) is 17.9 Å². The molecule has 0 aliphatic heterocycles. The fourth-order valence-electron chi connectivity index (χ4n) is 4.70. The third-order valence-corrected chi connectivity index (χ3v) is 6.52. The van der Waals surface area contributed by atoms with Gasteiger partial charge in [-0.15, -0.1) is 0 Å². The van der Waals surface area contributed by atoms with Crippen molar-refractivity contribution in [3.05, 3.63) is 65.2 Å². The van der Waals surface area contributed by atoms with Gasteiger partial charge in [-0.05, 0) is 30.2 Å². The van der Waals surface area contributed by atoms with Crippen LogP contribution in [0.3, 0.4) is 0 Å². The Balaban J connectivity index is 1.67. The molecule has 1 aliphatic carbocycles. The van der Waals surface area contributed by atoms with E-state index in [-0.39, 0.29) is 5.75 Å². The molecule has 0 bridgehead atoms. The van der Waals surface area contributed by atoms with Gasteiger partial charge in [0.25, 0.3) is 0 Å². The molecule has 2 aromatic rings. The number of hydrogen-bond acceptors (Lipinski definition) is 1. The van der Waals surface area contributed by atoms with Gasteiger partial charge < -0.3 is 4.74 Å². The van der Waals surface area contributed by atoms with Crippen LogP contribution in [0.1, 0.15) is 81.9 Å². The van der Waals surface area contributed by atoms with E-state index in [4.69, 9.17) is 4.74 Å². The van der Waals surface area contributed by atoms with Gasteiger partial charge >= 0.3 is 6.18 Å². The first kappa shape index (κ1) is 24.5. The van der Waals surface area contributed by atoms with Crippen LogP contribution in [0.25, 0.3) is 0 Å². The average Bonchev–Trinajstić information content (AvgIpc) is 2.75. The number of ether oxygens (including phenoxy) is 1. The third kappa shape index (κ3) is 6.69. The van der Waals surface area contributed by atoms with Crippen LogP contribution in [0.4, 0.5) is 22.0 Å². The molecule has 1 atom stereocenters. The lowest BCUT2D eigenvalue weighted by Gasteiger charge is -2.30. The molecule has 1 fully saturated rings. The molecule has 176 valence electrons. The van der Waals surface area contributed by atoms with Crippen molar-refractivity contribution in [1.29, 1.82) is 0 Å². The highest BCUT2D eigenvalue weighted by molar-refractivity contribution is 5.33. The molecular weight excluding hydrogens is 423 g/mol. The lowest BCUT2D eigenvalue weighted by Crippen LogP contribution is -2.17. The molecule has 0 saturated heterocycles. The van der Waals surface area contributed by atoms with E-state index in [9.17, 15) is 22.0 Å². The molecule has 2 aromatic carbocycles. The molecule has 0 amide bonds. The quantitative estimate of drug-likeness (QED) is 0.344. The van der Waals surface area contributed by atoms with E-state index in [0.29, 0.717) is 24.5 Å². The maximum atomic E-state index is 14.0. The molecule has 6 heteroatoms. The lowest BCUT2D eigenvalue weighted by atomic mass is 9.77. The molecule has 0 radical (unpaired) electrons. The summed E-state index contributed by atoms with van der Waals surface area (Å²) in [6.45, 7) is 2.21. The zero-order valence-corrected chi connectivity index (χ0v) is 18.4. The van der Waals surface area contributed by atoms with Crippen molar-refractivity contribution >= 4 is 0 Å². The Morgan fingerprint density at radius 2 is 1.47 bits per heavy atom. The minimum atomic E-state index is -5.10. The highest BCUT2D eigenvalue weighted by atomic mass is 19.4. The van der Waals surface area contributed by atoms with Crippen LogP contribution in [-0.4, -0.2) is 0 Å². The predicted molar refractivity (Wildman–Crippen MR) is 115 cm³/mol. The minimum absolute atomic E-state index is 0.231. The summed E-state index contributed by atoms with van der Waals surface area (Å²) in [5.41, 5.74) is -1.05. The molecule has 3 rings (SSSR count). The van der Waals surface area contributed by atoms with Crippen LogP contribution in [0, 0.1) is 23.5 Å². The second-order valence-corrected chi connectivity index (χ2v) is 8.88. The van der Waals surface area contributed by atoms with Crippen molar-refractivity contribution in [2.75, 3.05) is 0 Å². The van der Waals surface area contributed by atoms with Crippen molar-refractivity contribution in [2.45, 2.75) is 77.0 Å². The number of rotatable bonds is 9. The Morgan fingerprint density at radius 3 is 2.00 bits per heavy atom. The number of unbranched alkanes of at least 4 members (excludes halogenated alkanes) is 1. The standard InChI is InChI=1S/C26H31F5O/c1-2-3-7-18-10-12-19(13-11-18)14-15-24(20-8-5-4-6-9-20)32-21-16-22(27)25(23(28)17-21)26(29,30)31/h4-6,8-9,16-19,24H,2-3,7,10-15H2,1H3/t18-,19-,24?. The van der Waals surface area contributed by atoms with Crippen molar-refractivity contribution in [2.24, 2.45) is 11.8 Å². The highest BCUT2D eigenvalue weighted by Crippen LogP contribution is 2.38. The summed E-state index contributed by atoms with van der Waals surface area (Å²) < 4.78 is 72.5. The van der Waals surface area contributed by atoms with Crippen LogP contribution in [0.15, 0.2) is 42.5 Å². The number of benzene rings is 2. The van der Waals surface area contributed by atoms with E-state index in [1.165, 1.54) is 44.9 Å². The number of alkyl halides is 3. The largest absolute Gasteiger partial charge is 0.486 e. The molecule has 1 unspecified atom stereocenters. The zero-order valence-electron chi connectivity index (χ0n) is 18.4. The van der Waals surface area contributed by atoms with Gasteiger partial charge in [0, 0.05) is 12.1 Å². The Morgan fingerprint density at radius 1 is 0.906 bits per heavy atom. The van der Waals surface area contributed by atoms with Crippen molar-refractivity contribution in [3.63, 3.8) is 0 Å². The SMILES string of the molecule is CCCC[C@H]1CC[C@H](CCC(Oc2cc(F)c(C(F)(F)F)c(F)c2)c2ccccc2)CC1. The van der Waals surface area contributed by atoms with E-state index in [2.05, 4.69) is 6.92 Å². The second kappa shape index (κ2) is 11.2. The molecular formula is C26H31F5O. The Kier molecular flexibility index (Phi) is 8.55. The molecule has 0 N–H and O–H groups in total. The molecule has 32 heavy (non-hydrogen) atoms. The van der Waals surface area contributed by atoms with Crippen LogP contribution >= 0.6 is 0 Å². The number of hydrogen-bond donors (Lipinski definition) is 0. The average molecular weight is 455 g/mol. The highest BCUT2D eigenvalue weighted by Gasteiger charge is 2.38. The maximum Gasteiger partial charge on any atom is 0.422 e. The van der Waals surface area contributed by atoms with Crippen LogP contribution in [-0.2, 0) is 6.18 Å². The van der Waals surface area contributed by atoms with Gasteiger partial charge in [0.15, 0.2) is 0 Å². The summed E-state index contributed by atoms with van der Waals surface area (Å²) in [6.07, 6.45) is 4.56. The molecule has 1 saturated carbocycles. The summed E-state index contributed by atoms with van der Waals surface area (Å²) in [6, 6.07) is 10.5. The summed E-state index contributed by atoms with van der Waals surface area (Å²) in [5, 5.41) is 0. The zero-order chi connectivity index (χ0) is 23.1. The topological polar surface area (TPSA) is 9.23 Å². The fourth-order valence-corrected chi connectivity index (χ4v) is 4.70. The molecule has 0 spiro atoms. The Bertz CT molecular complexity index is 818. The molecule has 0 heterocycles. The smallest absolute Gasteiger partial charge is 0.422 e. The van der Waals surface area contributed by atoms with Gasteiger partial charge in [0.05, 0.1) is 0 Å². The van der Waals surface area contributed by atoms with Crippen molar-refractivity contribution < 1.29 is 26.7 Å². The van der Waals surface area contributed by atoms with E-state index in [1.807, 2.05) is 30.3 Å². The summed E-state index contributed by atoms with van der Waals surface area (Å²) >= 11 is 0. The van der Waals surface area contributed by atoms with Crippen LogP contribution in [0.2, 0.25) is 0 Å². The maximum absolute atomic E-state index is 14.0. The predicted octanol–water partition coefficient (Wildman–Crippen LogP) is 8.88. The second-order valence-electron chi connectivity index (χ2n) is 8.88. The first-order chi connectivity index (χ1) is 15.3. The van der Waals surface area contributed by atoms with E-state index < -0.39 is 29.5 Å². The van der Waals surface area contributed by atoms with Crippen LogP contribution in [0.5, 0.6) is 5.75 Å². The van der Waals surface area contributed by atoms with Gasteiger partial charge in [-0.3, -0.25) is 0 Å². The van der Waals surface area contributed by atoms with Gasteiger partial charge in [-0.2, -0.15) is 13.2 Å². The van der Waals surface area contributed by atoms with Crippen LogP contribution < -0.4 is 4.74 Å². The monoisotopic (exact) mass is 454 g/mol. The Labute approximate surface area is 187 Å². The van der Waals surface area contributed by atoms with Gasteiger partial charge in [0.2, 0.25) is 0 Å². The van der Waals surface area contributed by atoms with Gasteiger partial charge in [0.1, 0.15) is 29.1 Å². The third-order valence-electron chi connectivity index (χ3n) is 6.52. The molecule has 1 nitrogen and oxygen atoms in total. The molecule has 0 aromatic heterocycles. The Hall–Kier alpha value is -2.11. The first-order valence-electron chi connectivity index (χ1n) is 11.6. The molecule has 1 aliphatic rings. The van der Waals surface area contributed by atoms with Crippen molar-refractivity contribution in [1.82, 2.24) is 0 Å². The fraction of sp³-hybridized carbons (Fsp3) is 0.538. The van der Waals surface area contributed by atoms with Crippen molar-refractivity contribution in [3.8, 4) is 5.75 Å². The van der Waals surface area contributed by atoms with Gasteiger partial charge in [-0.1, -0.05) is 82.2 Å². The minimum Gasteiger partial charge on any atom is -0.486 e. The normalized spacial score (nSPS) is 20.2. The van der Waals surface area contributed by atoms with Gasteiger partial charge in [-0.25, -0.2) is 8.78 Å².